The zero-order chi connectivity index (χ0) is 15.9. The molecule has 0 aliphatic carbocycles. The van der Waals surface area contributed by atoms with Gasteiger partial charge in [0, 0.05) is 5.02 Å². The third kappa shape index (κ3) is 2.66. The van der Waals surface area contributed by atoms with Crippen LogP contribution in [0.25, 0.3) is 10.2 Å². The van der Waals surface area contributed by atoms with Gasteiger partial charge in [-0.05, 0) is 30.7 Å². The van der Waals surface area contributed by atoms with Crippen molar-refractivity contribution in [2.24, 2.45) is 0 Å². The van der Waals surface area contributed by atoms with Crippen LogP contribution in [0.1, 0.15) is 16.1 Å². The summed E-state index contributed by atoms with van der Waals surface area (Å²) in [6.45, 7) is 1.88. The van der Waals surface area contributed by atoms with Crippen molar-refractivity contribution in [1.29, 1.82) is 0 Å². The Bertz CT molecular complexity index is 863. The summed E-state index contributed by atoms with van der Waals surface area (Å²) in [7, 11) is 0. The number of thiazole rings is 1. The van der Waals surface area contributed by atoms with Gasteiger partial charge in [0.25, 0.3) is 5.91 Å². The molecule has 0 aliphatic rings. The lowest BCUT2D eigenvalue weighted by molar-refractivity contribution is -0.402. The topological polar surface area (TPSA) is 98.3 Å². The van der Waals surface area contributed by atoms with E-state index in [0.29, 0.717) is 15.7 Å². The average Bonchev–Trinajstić information content (AvgIpc) is 3.06. The van der Waals surface area contributed by atoms with E-state index in [0.717, 1.165) is 16.3 Å². The Morgan fingerprint density at radius 1 is 1.45 bits per heavy atom. The molecule has 22 heavy (non-hydrogen) atoms. The lowest BCUT2D eigenvalue weighted by atomic mass is 10.2. The summed E-state index contributed by atoms with van der Waals surface area (Å²) in [6.07, 6.45) is 0. The minimum absolute atomic E-state index is 0.153. The van der Waals surface area contributed by atoms with E-state index in [-0.39, 0.29) is 5.76 Å². The number of hydrogen-bond acceptors (Lipinski definition) is 6. The van der Waals surface area contributed by atoms with Gasteiger partial charge in [-0.1, -0.05) is 22.9 Å². The van der Waals surface area contributed by atoms with E-state index >= 15 is 0 Å². The summed E-state index contributed by atoms with van der Waals surface area (Å²) < 4.78 is 5.71. The SMILES string of the molecule is Cc1cc2sc(NC(=O)c3ccc([N+](=O)[O-])o3)nc2cc1Cl. The minimum Gasteiger partial charge on any atom is -0.395 e. The number of carbonyl (C=O) groups excluding carboxylic acids is 1. The van der Waals surface area contributed by atoms with Gasteiger partial charge in [0.1, 0.15) is 4.92 Å². The molecule has 0 radical (unpaired) electrons. The van der Waals surface area contributed by atoms with Gasteiger partial charge < -0.3 is 4.42 Å². The van der Waals surface area contributed by atoms with Crippen molar-refractivity contribution in [3.8, 4) is 0 Å². The number of aryl methyl sites for hydroxylation is 1. The summed E-state index contributed by atoms with van der Waals surface area (Å²) in [5.74, 6) is -1.24. The van der Waals surface area contributed by atoms with Gasteiger partial charge in [-0.3, -0.25) is 20.2 Å². The second-order valence-corrected chi connectivity index (χ2v) is 5.88. The number of rotatable bonds is 3. The Morgan fingerprint density at radius 3 is 2.91 bits per heavy atom. The molecule has 1 amide bonds. The monoisotopic (exact) mass is 337 g/mol. The van der Waals surface area contributed by atoms with Gasteiger partial charge in [-0.25, -0.2) is 4.98 Å². The molecule has 0 saturated carbocycles. The molecule has 0 spiro atoms. The smallest absolute Gasteiger partial charge is 0.395 e. The molecule has 0 aliphatic heterocycles. The highest BCUT2D eigenvalue weighted by molar-refractivity contribution is 7.22. The third-order valence-electron chi connectivity index (χ3n) is 2.88. The van der Waals surface area contributed by atoms with Crippen molar-refractivity contribution < 1.29 is 14.1 Å². The molecule has 1 aromatic carbocycles. The number of aromatic nitrogens is 1. The van der Waals surface area contributed by atoms with E-state index in [4.69, 9.17) is 16.0 Å². The number of nitrogens with zero attached hydrogens (tertiary/aromatic N) is 2. The number of anilines is 1. The summed E-state index contributed by atoms with van der Waals surface area (Å²) >= 11 is 7.31. The van der Waals surface area contributed by atoms with Crippen LogP contribution in [-0.4, -0.2) is 15.8 Å². The van der Waals surface area contributed by atoms with E-state index in [9.17, 15) is 14.9 Å². The van der Waals surface area contributed by atoms with E-state index in [1.54, 1.807) is 6.07 Å². The van der Waals surface area contributed by atoms with Crippen LogP contribution in [0.2, 0.25) is 5.02 Å². The molecular formula is C13H8ClN3O4S. The van der Waals surface area contributed by atoms with Gasteiger partial charge in [0.2, 0.25) is 0 Å². The van der Waals surface area contributed by atoms with Crippen LogP contribution >= 0.6 is 22.9 Å². The van der Waals surface area contributed by atoms with E-state index in [1.165, 1.54) is 17.4 Å². The zero-order valence-electron chi connectivity index (χ0n) is 11.1. The molecule has 112 valence electrons. The fraction of sp³-hybridized carbons (Fsp3) is 0.0769. The van der Waals surface area contributed by atoms with Crippen LogP contribution < -0.4 is 5.32 Å². The maximum atomic E-state index is 12.0. The molecule has 0 unspecified atom stereocenters. The van der Waals surface area contributed by atoms with Crippen molar-refractivity contribution in [2.75, 3.05) is 5.32 Å². The van der Waals surface area contributed by atoms with Crippen LogP contribution in [0.5, 0.6) is 0 Å². The summed E-state index contributed by atoms with van der Waals surface area (Å²) in [5, 5.41) is 14.0. The predicted molar refractivity (Wildman–Crippen MR) is 82.7 cm³/mol. The molecule has 0 saturated heterocycles. The molecule has 0 atom stereocenters. The number of furan rings is 1. The second kappa shape index (κ2) is 5.39. The Balaban J connectivity index is 1.85. The highest BCUT2D eigenvalue weighted by atomic mass is 35.5. The zero-order valence-corrected chi connectivity index (χ0v) is 12.7. The summed E-state index contributed by atoms with van der Waals surface area (Å²) in [6, 6.07) is 5.96. The second-order valence-electron chi connectivity index (χ2n) is 4.44. The highest BCUT2D eigenvalue weighted by Gasteiger charge is 2.18. The normalized spacial score (nSPS) is 10.8. The summed E-state index contributed by atoms with van der Waals surface area (Å²) in [4.78, 5) is 26.0. The number of amides is 1. The maximum Gasteiger partial charge on any atom is 0.433 e. The Morgan fingerprint density at radius 2 is 2.23 bits per heavy atom. The fourth-order valence-corrected chi connectivity index (χ4v) is 2.91. The number of halogens is 1. The first-order valence-corrected chi connectivity index (χ1v) is 7.26. The highest BCUT2D eigenvalue weighted by Crippen LogP contribution is 2.30. The van der Waals surface area contributed by atoms with E-state index < -0.39 is 16.7 Å². The molecule has 7 nitrogen and oxygen atoms in total. The van der Waals surface area contributed by atoms with Gasteiger partial charge in [-0.2, -0.15) is 0 Å². The number of nitrogens with one attached hydrogen (secondary N) is 1. The third-order valence-corrected chi connectivity index (χ3v) is 4.23. The van der Waals surface area contributed by atoms with E-state index in [1.807, 2.05) is 13.0 Å². The van der Waals surface area contributed by atoms with Crippen molar-refractivity contribution in [3.63, 3.8) is 0 Å². The van der Waals surface area contributed by atoms with Crippen LogP contribution in [0.15, 0.2) is 28.7 Å². The Labute approximate surface area is 132 Å². The predicted octanol–water partition coefficient (Wildman–Crippen LogP) is 4.01. The van der Waals surface area contributed by atoms with Gasteiger partial charge >= 0.3 is 5.88 Å². The molecule has 9 heteroatoms. The quantitative estimate of drug-likeness (QED) is 0.575. The van der Waals surface area contributed by atoms with Crippen LogP contribution in [0.4, 0.5) is 11.0 Å². The van der Waals surface area contributed by atoms with Crippen molar-refractivity contribution in [2.45, 2.75) is 6.92 Å². The van der Waals surface area contributed by atoms with Crippen molar-refractivity contribution >= 4 is 50.1 Å². The van der Waals surface area contributed by atoms with Crippen LogP contribution in [0.3, 0.4) is 0 Å². The molecule has 3 aromatic rings. The number of carbonyl (C=O) groups is 1. The van der Waals surface area contributed by atoms with Crippen molar-refractivity contribution in [3.05, 3.63) is 50.7 Å². The van der Waals surface area contributed by atoms with Gasteiger partial charge in [0.05, 0.1) is 16.3 Å². The molecule has 2 aromatic heterocycles. The van der Waals surface area contributed by atoms with Crippen molar-refractivity contribution in [1.82, 2.24) is 4.98 Å². The first kappa shape index (κ1) is 14.5. The number of nitro groups is 1. The van der Waals surface area contributed by atoms with Crippen LogP contribution in [-0.2, 0) is 0 Å². The summed E-state index contributed by atoms with van der Waals surface area (Å²) in [5.41, 5.74) is 1.58. The molecule has 2 heterocycles. The van der Waals surface area contributed by atoms with Gasteiger partial charge in [0.15, 0.2) is 10.9 Å². The van der Waals surface area contributed by atoms with Crippen LogP contribution in [0, 0.1) is 17.0 Å². The van der Waals surface area contributed by atoms with Gasteiger partial charge in [-0.15, -0.1) is 0 Å². The maximum absolute atomic E-state index is 12.0. The first-order valence-electron chi connectivity index (χ1n) is 6.06. The molecule has 3 rings (SSSR count). The lowest BCUT2D eigenvalue weighted by Gasteiger charge is -1.96. The lowest BCUT2D eigenvalue weighted by Crippen LogP contribution is -2.10. The largest absolute Gasteiger partial charge is 0.433 e. The Kier molecular flexibility index (Phi) is 3.55. The average molecular weight is 338 g/mol. The fourth-order valence-electron chi connectivity index (χ4n) is 1.81. The molecule has 1 N–H and O–H groups in total. The molecular weight excluding hydrogens is 330 g/mol. The molecule has 0 bridgehead atoms. The number of benzene rings is 1. The Hall–Kier alpha value is -2.45. The molecule has 0 fully saturated rings. The number of hydrogen-bond donors (Lipinski definition) is 1. The standard InChI is InChI=1S/C13H8ClN3O4S/c1-6-4-10-8(5-7(6)14)15-13(22-10)16-12(18)9-2-3-11(21-9)17(19)20/h2-5H,1H3,(H,15,16,18). The van der Waals surface area contributed by atoms with E-state index in [2.05, 4.69) is 10.3 Å². The first-order chi connectivity index (χ1) is 10.4. The minimum atomic E-state index is -0.709. The number of fused-ring (bicyclic) bond motifs is 1.